The smallest absolute Gasteiger partial charge is 0.161 e. The van der Waals surface area contributed by atoms with Gasteiger partial charge in [-0.05, 0) is 41.8 Å². The van der Waals surface area contributed by atoms with E-state index in [1.165, 1.54) is 12.1 Å². The van der Waals surface area contributed by atoms with Gasteiger partial charge in [0, 0.05) is 19.5 Å². The van der Waals surface area contributed by atoms with Crippen molar-refractivity contribution in [1.29, 1.82) is 5.26 Å². The van der Waals surface area contributed by atoms with Crippen molar-refractivity contribution in [3.8, 4) is 17.6 Å². The van der Waals surface area contributed by atoms with Crippen molar-refractivity contribution in [2.45, 2.75) is 25.9 Å². The zero-order valence-corrected chi connectivity index (χ0v) is 13.7. The SMILES string of the molecule is COc1ccc(CNCc2ccc(F)cc2)cc1OCCCC#N. The predicted molar refractivity (Wildman–Crippen MR) is 90.3 cm³/mol. The Balaban J connectivity index is 1.90. The van der Waals surface area contributed by atoms with Gasteiger partial charge in [-0.2, -0.15) is 5.26 Å². The quantitative estimate of drug-likeness (QED) is 0.711. The molecule has 0 fully saturated rings. The Kier molecular flexibility index (Phi) is 7.06. The van der Waals surface area contributed by atoms with Gasteiger partial charge in [0.05, 0.1) is 19.8 Å². The zero-order chi connectivity index (χ0) is 17.2. The molecule has 1 N–H and O–H groups in total. The highest BCUT2D eigenvalue weighted by atomic mass is 19.1. The maximum absolute atomic E-state index is 12.9. The van der Waals surface area contributed by atoms with Crippen molar-refractivity contribution < 1.29 is 13.9 Å². The highest BCUT2D eigenvalue weighted by molar-refractivity contribution is 5.43. The van der Waals surface area contributed by atoms with Gasteiger partial charge in [0.15, 0.2) is 11.5 Å². The normalized spacial score (nSPS) is 10.2. The van der Waals surface area contributed by atoms with Gasteiger partial charge < -0.3 is 14.8 Å². The zero-order valence-electron chi connectivity index (χ0n) is 13.7. The Morgan fingerprint density at radius 3 is 2.46 bits per heavy atom. The third-order valence-corrected chi connectivity index (χ3v) is 3.49. The molecule has 0 aromatic heterocycles. The highest BCUT2D eigenvalue weighted by Crippen LogP contribution is 2.28. The van der Waals surface area contributed by atoms with Crippen LogP contribution in [0.3, 0.4) is 0 Å². The largest absolute Gasteiger partial charge is 0.493 e. The second-order valence-electron chi connectivity index (χ2n) is 5.33. The van der Waals surface area contributed by atoms with Crippen LogP contribution in [0.2, 0.25) is 0 Å². The van der Waals surface area contributed by atoms with Crippen LogP contribution in [0.4, 0.5) is 4.39 Å². The molecule has 0 aliphatic heterocycles. The molecule has 0 atom stereocenters. The number of ether oxygens (including phenoxy) is 2. The summed E-state index contributed by atoms with van der Waals surface area (Å²) in [6.07, 6.45) is 1.16. The number of nitrogens with one attached hydrogen (secondary N) is 1. The lowest BCUT2D eigenvalue weighted by molar-refractivity contribution is 0.290. The molecule has 0 saturated heterocycles. The molecule has 2 aromatic carbocycles. The molecule has 5 heteroatoms. The lowest BCUT2D eigenvalue weighted by atomic mass is 10.2. The van der Waals surface area contributed by atoms with Crippen molar-refractivity contribution in [1.82, 2.24) is 5.32 Å². The summed E-state index contributed by atoms with van der Waals surface area (Å²) >= 11 is 0. The molecule has 0 saturated carbocycles. The van der Waals surface area contributed by atoms with Crippen LogP contribution in [0.25, 0.3) is 0 Å². The van der Waals surface area contributed by atoms with E-state index in [1.807, 2.05) is 18.2 Å². The summed E-state index contributed by atoms with van der Waals surface area (Å²) in [5, 5.41) is 11.9. The van der Waals surface area contributed by atoms with Crippen molar-refractivity contribution in [2.75, 3.05) is 13.7 Å². The van der Waals surface area contributed by atoms with Gasteiger partial charge in [-0.1, -0.05) is 18.2 Å². The van der Waals surface area contributed by atoms with Crippen LogP contribution >= 0.6 is 0 Å². The second kappa shape index (κ2) is 9.53. The number of hydrogen-bond acceptors (Lipinski definition) is 4. The van der Waals surface area contributed by atoms with E-state index in [2.05, 4.69) is 11.4 Å². The summed E-state index contributed by atoms with van der Waals surface area (Å²) in [5.74, 6) is 1.12. The Bertz CT molecular complexity index is 681. The van der Waals surface area contributed by atoms with E-state index >= 15 is 0 Å². The van der Waals surface area contributed by atoms with Crippen LogP contribution in [0.1, 0.15) is 24.0 Å². The minimum Gasteiger partial charge on any atom is -0.493 e. The van der Waals surface area contributed by atoms with Gasteiger partial charge in [-0.15, -0.1) is 0 Å². The first kappa shape index (κ1) is 17.8. The number of methoxy groups -OCH3 is 1. The summed E-state index contributed by atoms with van der Waals surface area (Å²) in [7, 11) is 1.60. The summed E-state index contributed by atoms with van der Waals surface area (Å²) in [6, 6.07) is 14.3. The highest BCUT2D eigenvalue weighted by Gasteiger charge is 2.06. The molecule has 2 rings (SSSR count). The molecule has 2 aromatic rings. The summed E-state index contributed by atoms with van der Waals surface area (Å²) in [6.45, 7) is 1.80. The maximum atomic E-state index is 12.9. The molecule has 0 spiro atoms. The molecule has 0 bridgehead atoms. The van der Waals surface area contributed by atoms with Gasteiger partial charge in [0.25, 0.3) is 0 Å². The van der Waals surface area contributed by atoms with E-state index in [-0.39, 0.29) is 5.82 Å². The lowest BCUT2D eigenvalue weighted by Crippen LogP contribution is -2.13. The van der Waals surface area contributed by atoms with E-state index in [1.54, 1.807) is 19.2 Å². The summed E-state index contributed by atoms with van der Waals surface area (Å²) < 4.78 is 23.9. The summed E-state index contributed by atoms with van der Waals surface area (Å²) in [5.41, 5.74) is 2.09. The fourth-order valence-corrected chi connectivity index (χ4v) is 2.23. The molecule has 126 valence electrons. The molecule has 0 radical (unpaired) electrons. The molecular formula is C19H21FN2O2. The molecule has 0 amide bonds. The van der Waals surface area contributed by atoms with Gasteiger partial charge in [0.1, 0.15) is 5.82 Å². The van der Waals surface area contributed by atoms with Gasteiger partial charge in [-0.3, -0.25) is 0 Å². The van der Waals surface area contributed by atoms with E-state index < -0.39 is 0 Å². The van der Waals surface area contributed by atoms with Gasteiger partial charge >= 0.3 is 0 Å². The second-order valence-corrected chi connectivity index (χ2v) is 5.33. The van der Waals surface area contributed by atoms with Crippen LogP contribution < -0.4 is 14.8 Å². The number of nitrogens with zero attached hydrogens (tertiary/aromatic N) is 1. The van der Waals surface area contributed by atoms with E-state index in [0.29, 0.717) is 44.0 Å². The van der Waals surface area contributed by atoms with E-state index in [4.69, 9.17) is 14.7 Å². The van der Waals surface area contributed by atoms with Crippen LogP contribution in [-0.2, 0) is 13.1 Å². The van der Waals surface area contributed by atoms with Gasteiger partial charge in [0.2, 0.25) is 0 Å². The monoisotopic (exact) mass is 328 g/mol. The van der Waals surface area contributed by atoms with Gasteiger partial charge in [-0.25, -0.2) is 4.39 Å². The fourth-order valence-electron chi connectivity index (χ4n) is 2.23. The van der Waals surface area contributed by atoms with Crippen LogP contribution in [0.5, 0.6) is 11.5 Å². The average Bonchev–Trinajstić information content (AvgIpc) is 2.61. The van der Waals surface area contributed by atoms with Crippen molar-refractivity contribution in [2.24, 2.45) is 0 Å². The third-order valence-electron chi connectivity index (χ3n) is 3.49. The minimum absolute atomic E-state index is 0.230. The number of nitriles is 1. The number of unbranched alkanes of at least 4 members (excludes halogenated alkanes) is 1. The van der Waals surface area contributed by atoms with E-state index in [0.717, 1.165) is 11.1 Å². The molecule has 4 nitrogen and oxygen atoms in total. The standard InChI is InChI=1S/C19H21FN2O2/c1-23-18-9-6-16(12-19(18)24-11-3-2-10-21)14-22-13-15-4-7-17(20)8-5-15/h4-9,12,22H,2-3,11,13-14H2,1H3. The number of rotatable bonds is 9. The van der Waals surface area contributed by atoms with E-state index in [9.17, 15) is 4.39 Å². The van der Waals surface area contributed by atoms with Crippen LogP contribution in [0.15, 0.2) is 42.5 Å². The Morgan fingerprint density at radius 2 is 1.75 bits per heavy atom. The number of benzene rings is 2. The Morgan fingerprint density at radius 1 is 1.04 bits per heavy atom. The summed E-state index contributed by atoms with van der Waals surface area (Å²) in [4.78, 5) is 0. The average molecular weight is 328 g/mol. The van der Waals surface area contributed by atoms with Crippen molar-refractivity contribution in [3.05, 3.63) is 59.4 Å². The minimum atomic E-state index is -0.230. The number of halogens is 1. The maximum Gasteiger partial charge on any atom is 0.161 e. The molecule has 0 heterocycles. The first-order valence-corrected chi connectivity index (χ1v) is 7.84. The Hall–Kier alpha value is -2.58. The Labute approximate surface area is 141 Å². The molecule has 24 heavy (non-hydrogen) atoms. The molecule has 0 aliphatic carbocycles. The first-order chi connectivity index (χ1) is 11.7. The first-order valence-electron chi connectivity index (χ1n) is 7.84. The lowest BCUT2D eigenvalue weighted by Gasteiger charge is -2.12. The topological polar surface area (TPSA) is 54.3 Å². The van der Waals surface area contributed by atoms with Crippen LogP contribution in [-0.4, -0.2) is 13.7 Å². The third kappa shape index (κ3) is 5.56. The predicted octanol–water partition coefficient (Wildman–Crippen LogP) is 3.81. The molecule has 0 aliphatic rings. The van der Waals surface area contributed by atoms with Crippen molar-refractivity contribution >= 4 is 0 Å². The fraction of sp³-hybridized carbons (Fsp3) is 0.316. The molecule has 0 unspecified atom stereocenters. The number of hydrogen-bond donors (Lipinski definition) is 1. The molecular weight excluding hydrogens is 307 g/mol. The van der Waals surface area contributed by atoms with Crippen LogP contribution in [0, 0.1) is 17.1 Å². The van der Waals surface area contributed by atoms with Crippen molar-refractivity contribution in [3.63, 3.8) is 0 Å².